The summed E-state index contributed by atoms with van der Waals surface area (Å²) in [6, 6.07) is 15.0. The fourth-order valence-electron chi connectivity index (χ4n) is 2.76. The van der Waals surface area contributed by atoms with Crippen LogP contribution in [0.1, 0.15) is 30.1 Å². The Balaban J connectivity index is 1.77. The number of hydrogen-bond acceptors (Lipinski definition) is 2. The van der Waals surface area contributed by atoms with Crippen molar-refractivity contribution in [1.29, 1.82) is 0 Å². The van der Waals surface area contributed by atoms with Gasteiger partial charge in [-0.05, 0) is 42.7 Å². The number of halogens is 2. The maximum absolute atomic E-state index is 12.9. The van der Waals surface area contributed by atoms with Gasteiger partial charge in [0.1, 0.15) is 5.82 Å². The van der Waals surface area contributed by atoms with E-state index in [0.717, 1.165) is 29.9 Å². The van der Waals surface area contributed by atoms with Gasteiger partial charge in [-0.25, -0.2) is 14.0 Å². The van der Waals surface area contributed by atoms with Crippen molar-refractivity contribution in [3.8, 4) is 5.69 Å². The van der Waals surface area contributed by atoms with Crippen molar-refractivity contribution in [2.75, 3.05) is 0 Å². The van der Waals surface area contributed by atoms with Crippen LogP contribution in [0.2, 0.25) is 10.0 Å². The van der Waals surface area contributed by atoms with Gasteiger partial charge in [0.2, 0.25) is 0 Å². The van der Waals surface area contributed by atoms with Crippen molar-refractivity contribution in [2.45, 2.75) is 25.3 Å². The molecule has 0 bridgehead atoms. The Bertz CT molecular complexity index is 943. The lowest BCUT2D eigenvalue weighted by atomic mass is 10.2. The topological polar surface area (TPSA) is 39.8 Å². The normalized spacial score (nSPS) is 14.1. The molecule has 2 aromatic carbocycles. The average molecular weight is 360 g/mol. The number of nitrogens with zero attached hydrogens (tertiary/aromatic N) is 3. The number of para-hydroxylation sites is 1. The fraction of sp³-hybridized carbons (Fsp3) is 0.222. The summed E-state index contributed by atoms with van der Waals surface area (Å²) < 4.78 is 3.22. The summed E-state index contributed by atoms with van der Waals surface area (Å²) in [5.74, 6) is 1.21. The van der Waals surface area contributed by atoms with Gasteiger partial charge in [-0.2, -0.15) is 5.10 Å². The van der Waals surface area contributed by atoms with Crippen molar-refractivity contribution in [3.05, 3.63) is 80.4 Å². The second-order valence-electron chi connectivity index (χ2n) is 5.99. The third-order valence-electron chi connectivity index (χ3n) is 4.14. The molecule has 4 nitrogen and oxygen atoms in total. The molecule has 1 heterocycles. The number of rotatable bonds is 4. The molecule has 1 fully saturated rings. The van der Waals surface area contributed by atoms with Crippen LogP contribution in [0.3, 0.4) is 0 Å². The molecule has 24 heavy (non-hydrogen) atoms. The summed E-state index contributed by atoms with van der Waals surface area (Å²) in [6.45, 7) is 0.370. The summed E-state index contributed by atoms with van der Waals surface area (Å²) in [5.41, 5.74) is 1.62. The van der Waals surface area contributed by atoms with Gasteiger partial charge in [0.05, 0.1) is 22.3 Å². The molecular weight excluding hydrogens is 345 g/mol. The molecule has 0 aliphatic heterocycles. The number of hydrogen-bond donors (Lipinski definition) is 0. The largest absolute Gasteiger partial charge is 0.350 e. The predicted molar refractivity (Wildman–Crippen MR) is 95.4 cm³/mol. The zero-order valence-corrected chi connectivity index (χ0v) is 14.3. The van der Waals surface area contributed by atoms with Crippen LogP contribution in [-0.2, 0) is 6.54 Å². The van der Waals surface area contributed by atoms with E-state index in [1.54, 1.807) is 16.7 Å². The van der Waals surface area contributed by atoms with Crippen LogP contribution in [0.15, 0.2) is 53.3 Å². The molecule has 0 radical (unpaired) electrons. The maximum atomic E-state index is 12.9. The van der Waals surface area contributed by atoms with Crippen LogP contribution < -0.4 is 5.69 Å². The minimum absolute atomic E-state index is 0.130. The van der Waals surface area contributed by atoms with E-state index in [-0.39, 0.29) is 5.69 Å². The molecular formula is C18H15Cl2N3O. The zero-order valence-electron chi connectivity index (χ0n) is 12.8. The van der Waals surface area contributed by atoms with Gasteiger partial charge in [0.25, 0.3) is 0 Å². The molecule has 1 aliphatic rings. The lowest BCUT2D eigenvalue weighted by Crippen LogP contribution is -2.24. The predicted octanol–water partition coefficient (Wildman–Crippen LogP) is 4.27. The highest BCUT2D eigenvalue weighted by Crippen LogP contribution is 2.39. The minimum Gasteiger partial charge on any atom is -0.247 e. The van der Waals surface area contributed by atoms with Gasteiger partial charge in [0, 0.05) is 5.92 Å². The number of benzene rings is 2. The second kappa shape index (κ2) is 6.11. The summed E-state index contributed by atoms with van der Waals surface area (Å²) in [7, 11) is 0. The molecule has 0 spiro atoms. The van der Waals surface area contributed by atoms with Crippen LogP contribution in [-0.4, -0.2) is 14.3 Å². The van der Waals surface area contributed by atoms with E-state index in [1.807, 2.05) is 36.4 Å². The smallest absolute Gasteiger partial charge is 0.247 e. The molecule has 6 heteroatoms. The van der Waals surface area contributed by atoms with E-state index in [2.05, 4.69) is 5.10 Å². The molecule has 1 aromatic heterocycles. The van der Waals surface area contributed by atoms with E-state index in [9.17, 15) is 4.79 Å². The molecule has 0 N–H and O–H groups in total. The third-order valence-corrected chi connectivity index (χ3v) is 4.88. The molecule has 0 unspecified atom stereocenters. The molecule has 0 saturated heterocycles. The Hall–Kier alpha value is -2.04. The summed E-state index contributed by atoms with van der Waals surface area (Å²) in [6.07, 6.45) is 2.16. The van der Waals surface area contributed by atoms with Gasteiger partial charge in [-0.3, -0.25) is 0 Å². The first-order valence-corrected chi connectivity index (χ1v) is 8.58. The highest BCUT2D eigenvalue weighted by atomic mass is 35.5. The van der Waals surface area contributed by atoms with E-state index >= 15 is 0 Å². The van der Waals surface area contributed by atoms with Crippen LogP contribution in [0.25, 0.3) is 5.69 Å². The quantitative estimate of drug-likeness (QED) is 0.697. The van der Waals surface area contributed by atoms with E-state index < -0.39 is 0 Å². The van der Waals surface area contributed by atoms with Gasteiger partial charge in [-0.1, -0.05) is 47.5 Å². The number of aromatic nitrogens is 3. The molecule has 3 aromatic rings. The van der Waals surface area contributed by atoms with Crippen molar-refractivity contribution in [2.24, 2.45) is 0 Å². The molecule has 0 atom stereocenters. The highest BCUT2D eigenvalue weighted by Gasteiger charge is 2.31. The van der Waals surface area contributed by atoms with Crippen molar-refractivity contribution in [3.63, 3.8) is 0 Å². The van der Waals surface area contributed by atoms with E-state index in [1.165, 1.54) is 4.68 Å². The Morgan fingerprint density at radius 3 is 2.46 bits per heavy atom. The van der Waals surface area contributed by atoms with Crippen molar-refractivity contribution >= 4 is 23.2 Å². The first-order valence-electron chi connectivity index (χ1n) is 7.82. The summed E-state index contributed by atoms with van der Waals surface area (Å²) in [4.78, 5) is 12.9. The molecule has 4 rings (SSSR count). The summed E-state index contributed by atoms with van der Waals surface area (Å²) >= 11 is 12.0. The fourth-order valence-corrected chi connectivity index (χ4v) is 3.08. The Morgan fingerprint density at radius 2 is 1.79 bits per heavy atom. The molecule has 122 valence electrons. The monoisotopic (exact) mass is 359 g/mol. The Morgan fingerprint density at radius 1 is 1.04 bits per heavy atom. The van der Waals surface area contributed by atoms with Gasteiger partial charge >= 0.3 is 5.69 Å². The van der Waals surface area contributed by atoms with Crippen LogP contribution in [0.4, 0.5) is 0 Å². The molecule has 1 aliphatic carbocycles. The van der Waals surface area contributed by atoms with Crippen molar-refractivity contribution in [1.82, 2.24) is 14.3 Å². The maximum Gasteiger partial charge on any atom is 0.350 e. The Kier molecular flexibility index (Phi) is 3.94. The third kappa shape index (κ3) is 2.87. The summed E-state index contributed by atoms with van der Waals surface area (Å²) in [5, 5.41) is 5.57. The first kappa shape index (κ1) is 15.5. The van der Waals surface area contributed by atoms with Gasteiger partial charge in [0.15, 0.2) is 0 Å². The zero-order chi connectivity index (χ0) is 16.7. The molecule has 0 amide bonds. The minimum atomic E-state index is -0.130. The Labute approximate surface area is 149 Å². The first-order chi connectivity index (χ1) is 11.6. The van der Waals surface area contributed by atoms with Gasteiger partial charge < -0.3 is 0 Å². The average Bonchev–Trinajstić information content (AvgIpc) is 3.38. The van der Waals surface area contributed by atoms with Crippen molar-refractivity contribution < 1.29 is 0 Å². The lowest BCUT2D eigenvalue weighted by Gasteiger charge is -2.03. The second-order valence-corrected chi connectivity index (χ2v) is 6.81. The van der Waals surface area contributed by atoms with E-state index in [0.29, 0.717) is 22.5 Å². The van der Waals surface area contributed by atoms with Crippen LogP contribution >= 0.6 is 23.2 Å². The van der Waals surface area contributed by atoms with E-state index in [4.69, 9.17) is 23.2 Å². The molecule has 1 saturated carbocycles. The SMILES string of the molecule is O=c1n(Cc2ccc(Cl)c(Cl)c2)nc(C2CC2)n1-c1ccccc1. The van der Waals surface area contributed by atoms with Gasteiger partial charge in [-0.15, -0.1) is 0 Å². The van der Waals surface area contributed by atoms with Crippen LogP contribution in [0.5, 0.6) is 0 Å². The lowest BCUT2D eigenvalue weighted by molar-refractivity contribution is 0.648. The highest BCUT2D eigenvalue weighted by molar-refractivity contribution is 6.42. The standard InChI is InChI=1S/C18H15Cl2N3O/c19-15-9-6-12(10-16(15)20)11-22-18(24)23(14-4-2-1-3-5-14)17(21-22)13-7-8-13/h1-6,9-10,13H,7-8,11H2. The van der Waals surface area contributed by atoms with Crippen LogP contribution in [0, 0.1) is 0 Å².